The van der Waals surface area contributed by atoms with Crippen LogP contribution in [0, 0.1) is 20.8 Å². The molecule has 2 aromatic carbocycles. The van der Waals surface area contributed by atoms with Crippen LogP contribution in [0.15, 0.2) is 35.2 Å². The number of fused-ring (bicyclic) bond motifs is 1. The highest BCUT2D eigenvalue weighted by atomic mass is 32.2. The maximum atomic E-state index is 12.4. The van der Waals surface area contributed by atoms with Gasteiger partial charge in [0, 0.05) is 12.6 Å². The van der Waals surface area contributed by atoms with E-state index in [1.165, 1.54) is 12.1 Å². The molecule has 25 heavy (non-hydrogen) atoms. The van der Waals surface area contributed by atoms with Crippen molar-refractivity contribution in [3.63, 3.8) is 0 Å². The lowest BCUT2D eigenvalue weighted by Crippen LogP contribution is -2.28. The third-order valence-corrected chi connectivity index (χ3v) is 5.63. The summed E-state index contributed by atoms with van der Waals surface area (Å²) in [6.07, 6.45) is 0. The van der Waals surface area contributed by atoms with Crippen LogP contribution in [0.1, 0.15) is 16.7 Å². The van der Waals surface area contributed by atoms with Crippen LogP contribution in [0.4, 0.5) is 0 Å². The third-order valence-electron chi connectivity index (χ3n) is 4.17. The Kier molecular flexibility index (Phi) is 4.87. The van der Waals surface area contributed by atoms with E-state index in [2.05, 4.69) is 4.72 Å². The van der Waals surface area contributed by atoms with Gasteiger partial charge in [-0.05, 0) is 49.6 Å². The second-order valence-corrected chi connectivity index (χ2v) is 7.68. The van der Waals surface area contributed by atoms with E-state index >= 15 is 0 Å². The molecule has 2 aromatic rings. The SMILES string of the molecule is Cc1ccc(C)c(OCCNS(=O)(=O)c2ccc3c(c2)OCO3)c1C. The molecule has 0 radical (unpaired) electrons. The molecule has 0 atom stereocenters. The molecule has 0 aliphatic carbocycles. The molecule has 0 amide bonds. The molecule has 1 aliphatic rings. The molecule has 0 aromatic heterocycles. The molecule has 3 rings (SSSR count). The summed E-state index contributed by atoms with van der Waals surface area (Å²) in [7, 11) is -3.63. The third kappa shape index (κ3) is 3.72. The molecule has 0 unspecified atom stereocenters. The zero-order valence-electron chi connectivity index (χ0n) is 14.5. The van der Waals surface area contributed by atoms with E-state index in [-0.39, 0.29) is 24.8 Å². The fourth-order valence-electron chi connectivity index (χ4n) is 2.60. The van der Waals surface area contributed by atoms with Crippen molar-refractivity contribution in [2.75, 3.05) is 19.9 Å². The summed E-state index contributed by atoms with van der Waals surface area (Å²) in [4.78, 5) is 0.139. The Balaban J connectivity index is 1.61. The molecule has 0 saturated heterocycles. The molecular weight excluding hydrogens is 342 g/mol. The molecule has 134 valence electrons. The maximum absolute atomic E-state index is 12.4. The molecule has 0 bridgehead atoms. The van der Waals surface area contributed by atoms with E-state index in [9.17, 15) is 8.42 Å². The summed E-state index contributed by atoms with van der Waals surface area (Å²) >= 11 is 0. The number of sulfonamides is 1. The summed E-state index contributed by atoms with van der Waals surface area (Å²) in [6, 6.07) is 8.58. The van der Waals surface area contributed by atoms with Gasteiger partial charge in [0.2, 0.25) is 16.8 Å². The van der Waals surface area contributed by atoms with Crippen LogP contribution in [-0.4, -0.2) is 28.4 Å². The van der Waals surface area contributed by atoms with E-state index in [1.807, 2.05) is 32.9 Å². The Bertz CT molecular complexity index is 893. The normalized spacial score (nSPS) is 13.1. The quantitative estimate of drug-likeness (QED) is 0.799. The lowest BCUT2D eigenvalue weighted by atomic mass is 10.1. The Hall–Kier alpha value is -2.25. The second kappa shape index (κ2) is 6.93. The highest BCUT2D eigenvalue weighted by Crippen LogP contribution is 2.33. The van der Waals surface area contributed by atoms with Gasteiger partial charge in [-0.1, -0.05) is 12.1 Å². The van der Waals surface area contributed by atoms with Gasteiger partial charge in [-0.3, -0.25) is 0 Å². The number of nitrogens with one attached hydrogen (secondary N) is 1. The molecule has 1 N–H and O–H groups in total. The van der Waals surface area contributed by atoms with Gasteiger partial charge in [-0.2, -0.15) is 0 Å². The Morgan fingerprint density at radius 3 is 2.56 bits per heavy atom. The van der Waals surface area contributed by atoms with Crippen molar-refractivity contribution in [3.8, 4) is 17.2 Å². The minimum Gasteiger partial charge on any atom is -0.492 e. The fraction of sp³-hybridized carbons (Fsp3) is 0.333. The monoisotopic (exact) mass is 363 g/mol. The van der Waals surface area contributed by atoms with Crippen molar-refractivity contribution < 1.29 is 22.6 Å². The van der Waals surface area contributed by atoms with Crippen molar-refractivity contribution in [3.05, 3.63) is 47.0 Å². The molecule has 0 spiro atoms. The first kappa shape index (κ1) is 17.6. The summed E-state index contributed by atoms with van der Waals surface area (Å²) < 4.78 is 43.5. The highest BCUT2D eigenvalue weighted by molar-refractivity contribution is 7.89. The van der Waals surface area contributed by atoms with Gasteiger partial charge in [0.05, 0.1) is 4.90 Å². The van der Waals surface area contributed by atoms with Gasteiger partial charge in [0.15, 0.2) is 11.5 Å². The van der Waals surface area contributed by atoms with Crippen LogP contribution in [0.25, 0.3) is 0 Å². The Morgan fingerprint density at radius 1 is 1.04 bits per heavy atom. The standard InChI is InChI=1S/C18H21NO5S/c1-12-4-5-13(2)18(14(12)3)22-9-8-19-25(20,21)15-6-7-16-17(10-15)24-11-23-16/h4-7,10,19H,8-9,11H2,1-3H3. The van der Waals surface area contributed by atoms with Crippen LogP contribution in [0.3, 0.4) is 0 Å². The van der Waals surface area contributed by atoms with Crippen molar-refractivity contribution in [2.45, 2.75) is 25.7 Å². The van der Waals surface area contributed by atoms with E-state index in [0.29, 0.717) is 11.5 Å². The van der Waals surface area contributed by atoms with Crippen molar-refractivity contribution in [2.24, 2.45) is 0 Å². The molecule has 0 saturated carbocycles. The van der Waals surface area contributed by atoms with E-state index in [1.54, 1.807) is 6.07 Å². The number of benzene rings is 2. The van der Waals surface area contributed by atoms with E-state index < -0.39 is 10.0 Å². The predicted molar refractivity (Wildman–Crippen MR) is 93.9 cm³/mol. The van der Waals surface area contributed by atoms with Gasteiger partial charge in [-0.25, -0.2) is 13.1 Å². The van der Waals surface area contributed by atoms with Crippen molar-refractivity contribution in [1.29, 1.82) is 0 Å². The number of hydrogen-bond donors (Lipinski definition) is 1. The lowest BCUT2D eigenvalue weighted by Gasteiger charge is -2.14. The summed E-state index contributed by atoms with van der Waals surface area (Å²) in [5.41, 5.74) is 3.24. The first-order chi connectivity index (χ1) is 11.9. The topological polar surface area (TPSA) is 73.9 Å². The minimum atomic E-state index is -3.63. The van der Waals surface area contributed by atoms with Crippen molar-refractivity contribution >= 4 is 10.0 Å². The summed E-state index contributed by atoms with van der Waals surface area (Å²) in [5.74, 6) is 1.79. The Morgan fingerprint density at radius 2 is 1.76 bits per heavy atom. The van der Waals surface area contributed by atoms with Gasteiger partial charge in [0.25, 0.3) is 0 Å². The average molecular weight is 363 g/mol. The van der Waals surface area contributed by atoms with Crippen molar-refractivity contribution in [1.82, 2.24) is 4.72 Å². The maximum Gasteiger partial charge on any atom is 0.240 e. The number of aryl methyl sites for hydroxylation is 2. The predicted octanol–water partition coefficient (Wildman–Crippen LogP) is 2.70. The summed E-state index contributed by atoms with van der Waals surface area (Å²) in [5, 5.41) is 0. The zero-order valence-corrected chi connectivity index (χ0v) is 15.3. The van der Waals surface area contributed by atoms with Gasteiger partial charge >= 0.3 is 0 Å². The number of rotatable bonds is 6. The fourth-order valence-corrected chi connectivity index (χ4v) is 3.63. The Labute approximate surface area is 147 Å². The molecule has 7 heteroatoms. The first-order valence-electron chi connectivity index (χ1n) is 7.97. The molecule has 0 fully saturated rings. The van der Waals surface area contributed by atoms with Crippen LogP contribution in [0.5, 0.6) is 17.2 Å². The smallest absolute Gasteiger partial charge is 0.240 e. The van der Waals surface area contributed by atoms with Gasteiger partial charge in [0.1, 0.15) is 12.4 Å². The van der Waals surface area contributed by atoms with E-state index in [4.69, 9.17) is 14.2 Å². The first-order valence-corrected chi connectivity index (χ1v) is 9.46. The summed E-state index contributed by atoms with van der Waals surface area (Å²) in [6.45, 7) is 6.50. The average Bonchev–Trinajstić information content (AvgIpc) is 3.05. The molecule has 6 nitrogen and oxygen atoms in total. The van der Waals surface area contributed by atoms with Crippen LogP contribution in [-0.2, 0) is 10.0 Å². The van der Waals surface area contributed by atoms with Crippen LogP contribution < -0.4 is 18.9 Å². The number of ether oxygens (including phenoxy) is 3. The zero-order chi connectivity index (χ0) is 18.0. The largest absolute Gasteiger partial charge is 0.492 e. The van der Waals surface area contributed by atoms with Crippen LogP contribution in [0.2, 0.25) is 0 Å². The van der Waals surface area contributed by atoms with E-state index in [0.717, 1.165) is 22.4 Å². The minimum absolute atomic E-state index is 0.106. The number of hydrogen-bond acceptors (Lipinski definition) is 5. The van der Waals surface area contributed by atoms with Gasteiger partial charge in [-0.15, -0.1) is 0 Å². The lowest BCUT2D eigenvalue weighted by molar-refractivity contribution is 0.174. The molecule has 1 heterocycles. The highest BCUT2D eigenvalue weighted by Gasteiger charge is 2.20. The van der Waals surface area contributed by atoms with Crippen LogP contribution >= 0.6 is 0 Å². The molecule has 1 aliphatic heterocycles. The van der Waals surface area contributed by atoms with Gasteiger partial charge < -0.3 is 14.2 Å². The molecular formula is C18H21NO5S. The second-order valence-electron chi connectivity index (χ2n) is 5.91.